The zero-order valence-corrected chi connectivity index (χ0v) is 7.47. The summed E-state index contributed by atoms with van der Waals surface area (Å²) in [6.45, 7) is 0. The van der Waals surface area contributed by atoms with Crippen molar-refractivity contribution in [3.63, 3.8) is 0 Å². The van der Waals surface area contributed by atoms with Crippen molar-refractivity contribution in [2.24, 2.45) is 0 Å². The number of halogens is 3. The zero-order chi connectivity index (χ0) is 10.9. The second-order valence-electron chi connectivity index (χ2n) is 2.46. The molecule has 0 saturated heterocycles. The van der Waals surface area contributed by atoms with E-state index in [2.05, 4.69) is 0 Å². The number of hydrogen-bond donors (Lipinski definition) is 2. The van der Waals surface area contributed by atoms with Gasteiger partial charge in [-0.25, -0.2) is 8.42 Å². The normalized spacial score (nSPS) is 12.0. The van der Waals surface area contributed by atoms with Crippen LogP contribution in [-0.2, 0) is 16.9 Å². The highest BCUT2D eigenvalue weighted by molar-refractivity contribution is 7.72. The Labute approximate surface area is 78.7 Å². The lowest BCUT2D eigenvalue weighted by molar-refractivity contribution is -0.137. The van der Waals surface area contributed by atoms with Gasteiger partial charge >= 0.3 is 6.18 Å². The van der Waals surface area contributed by atoms with Gasteiger partial charge in [-0.05, 0) is 18.2 Å². The van der Waals surface area contributed by atoms with E-state index in [1.807, 2.05) is 0 Å². The molecule has 0 saturated carbocycles. The molecule has 0 amide bonds. The number of benzene rings is 1. The molecule has 78 valence electrons. The van der Waals surface area contributed by atoms with E-state index in [-0.39, 0.29) is 0 Å². The molecule has 1 aromatic carbocycles. The van der Waals surface area contributed by atoms with Crippen LogP contribution in [0, 0.1) is 0 Å². The molecular formula is C7H5F3O3S. The smallest absolute Gasteiger partial charge is 0.416 e. The summed E-state index contributed by atoms with van der Waals surface area (Å²) in [6.07, 6.45) is -4.59. The van der Waals surface area contributed by atoms with E-state index in [4.69, 9.17) is 5.11 Å². The van der Waals surface area contributed by atoms with Crippen LogP contribution >= 0.6 is 0 Å². The predicted molar refractivity (Wildman–Crippen MR) is 41.7 cm³/mol. The maximum Gasteiger partial charge on any atom is 0.416 e. The first-order chi connectivity index (χ1) is 6.32. The largest absolute Gasteiger partial charge is 0.507 e. The van der Waals surface area contributed by atoms with E-state index < -0.39 is 33.1 Å². The Morgan fingerprint density at radius 3 is 2.14 bits per heavy atom. The molecule has 0 aliphatic carbocycles. The third-order valence-corrected chi connectivity index (χ3v) is 2.27. The molecule has 7 heteroatoms. The fourth-order valence-electron chi connectivity index (χ4n) is 0.854. The summed E-state index contributed by atoms with van der Waals surface area (Å²) in [4.78, 5) is -0.520. The minimum Gasteiger partial charge on any atom is -0.507 e. The third kappa shape index (κ3) is 2.16. The Kier molecular flexibility index (Phi) is 2.70. The lowest BCUT2D eigenvalue weighted by Gasteiger charge is -2.06. The first-order valence-electron chi connectivity index (χ1n) is 3.37. The highest BCUT2D eigenvalue weighted by Gasteiger charge is 2.31. The van der Waals surface area contributed by atoms with E-state index in [9.17, 15) is 21.6 Å². The van der Waals surface area contributed by atoms with Crippen molar-refractivity contribution in [3.05, 3.63) is 23.8 Å². The average molecular weight is 226 g/mol. The number of aromatic hydroxyl groups is 1. The van der Waals surface area contributed by atoms with Crippen LogP contribution in [0.3, 0.4) is 0 Å². The number of hydrogen-bond acceptors (Lipinski definition) is 3. The average Bonchev–Trinajstić information content (AvgIpc) is 2.01. The Bertz CT molecular complexity index is 415. The van der Waals surface area contributed by atoms with E-state index in [1.165, 1.54) is 0 Å². The standard InChI is InChI=1S/C7H5F3O3S/c8-7(9,10)4-1-2-6(14(12)13)5(11)3-4/h1-3,11,14H. The predicted octanol–water partition coefficient (Wildman–Crippen LogP) is 1.38. The maximum atomic E-state index is 12.0. The molecule has 0 aliphatic rings. The number of phenols is 1. The highest BCUT2D eigenvalue weighted by atomic mass is 32.2. The van der Waals surface area contributed by atoms with Gasteiger partial charge in [-0.1, -0.05) is 0 Å². The maximum absolute atomic E-state index is 12.0. The first kappa shape index (κ1) is 10.8. The summed E-state index contributed by atoms with van der Waals surface area (Å²) in [5, 5.41) is 8.94. The van der Waals surface area contributed by atoms with Gasteiger partial charge < -0.3 is 5.11 Å². The summed E-state index contributed by atoms with van der Waals surface area (Å²) in [5.41, 5.74) is -1.09. The van der Waals surface area contributed by atoms with Crippen LogP contribution in [-0.4, -0.2) is 13.5 Å². The number of alkyl halides is 3. The van der Waals surface area contributed by atoms with Gasteiger partial charge in [0.05, 0.1) is 5.56 Å². The molecular weight excluding hydrogens is 221 g/mol. The SMILES string of the molecule is O=[SH](=O)c1ccc(C(F)(F)F)cc1O. The van der Waals surface area contributed by atoms with Crippen LogP contribution in [0.5, 0.6) is 5.75 Å². The fourth-order valence-corrected chi connectivity index (χ4v) is 1.30. The van der Waals surface area contributed by atoms with E-state index in [0.717, 1.165) is 0 Å². The highest BCUT2D eigenvalue weighted by Crippen LogP contribution is 2.32. The van der Waals surface area contributed by atoms with Crippen LogP contribution in [0.2, 0.25) is 0 Å². The number of rotatable bonds is 1. The third-order valence-electron chi connectivity index (χ3n) is 1.50. The van der Waals surface area contributed by atoms with E-state index >= 15 is 0 Å². The van der Waals surface area contributed by atoms with Crippen molar-refractivity contribution in [2.75, 3.05) is 0 Å². The van der Waals surface area contributed by atoms with E-state index in [1.54, 1.807) is 0 Å². The van der Waals surface area contributed by atoms with Crippen molar-refractivity contribution in [3.8, 4) is 5.75 Å². The lowest BCUT2D eigenvalue weighted by atomic mass is 10.2. The zero-order valence-electron chi connectivity index (χ0n) is 6.58. The van der Waals surface area contributed by atoms with Crippen LogP contribution in [0.25, 0.3) is 0 Å². The molecule has 0 unspecified atom stereocenters. The molecule has 0 spiro atoms. The summed E-state index contributed by atoms with van der Waals surface area (Å²) in [5.74, 6) is -0.893. The Morgan fingerprint density at radius 1 is 1.21 bits per heavy atom. The molecule has 0 heterocycles. The quantitative estimate of drug-likeness (QED) is 0.711. The molecule has 0 bridgehead atoms. The van der Waals surface area contributed by atoms with Gasteiger partial charge in [0.2, 0.25) is 0 Å². The van der Waals surface area contributed by atoms with Gasteiger partial charge in [0, 0.05) is 0 Å². The Balaban J connectivity index is 3.27. The monoisotopic (exact) mass is 226 g/mol. The summed E-state index contributed by atoms with van der Waals surface area (Å²) in [7, 11) is -3.08. The number of phenolic OH excluding ortho intramolecular Hbond substituents is 1. The molecule has 1 aromatic rings. The van der Waals surface area contributed by atoms with Crippen molar-refractivity contribution in [1.82, 2.24) is 0 Å². The van der Waals surface area contributed by atoms with Crippen LogP contribution in [0.4, 0.5) is 13.2 Å². The molecule has 0 aliphatic heterocycles. The van der Waals surface area contributed by atoms with Crippen LogP contribution in [0.15, 0.2) is 23.1 Å². The molecule has 1 N–H and O–H groups in total. The number of thiol groups is 1. The molecule has 1 rings (SSSR count). The Morgan fingerprint density at radius 2 is 1.79 bits per heavy atom. The molecule has 3 nitrogen and oxygen atoms in total. The van der Waals surface area contributed by atoms with Crippen molar-refractivity contribution in [1.29, 1.82) is 0 Å². The molecule has 0 aromatic heterocycles. The van der Waals surface area contributed by atoms with Crippen LogP contribution < -0.4 is 0 Å². The van der Waals surface area contributed by atoms with Crippen molar-refractivity contribution >= 4 is 10.7 Å². The van der Waals surface area contributed by atoms with Gasteiger partial charge in [0.1, 0.15) is 10.6 Å². The topological polar surface area (TPSA) is 54.4 Å². The minimum absolute atomic E-state index is 0.375. The van der Waals surface area contributed by atoms with Gasteiger partial charge in [-0.2, -0.15) is 13.2 Å². The van der Waals surface area contributed by atoms with Gasteiger partial charge in [0.25, 0.3) is 0 Å². The molecule has 14 heavy (non-hydrogen) atoms. The van der Waals surface area contributed by atoms with E-state index in [0.29, 0.717) is 18.2 Å². The second-order valence-corrected chi connectivity index (χ2v) is 3.45. The summed E-state index contributed by atoms with van der Waals surface area (Å²) >= 11 is 0. The first-order valence-corrected chi connectivity index (χ1v) is 4.54. The van der Waals surface area contributed by atoms with Gasteiger partial charge in [-0.3, -0.25) is 0 Å². The van der Waals surface area contributed by atoms with Crippen molar-refractivity contribution in [2.45, 2.75) is 11.1 Å². The fraction of sp³-hybridized carbons (Fsp3) is 0.143. The minimum atomic E-state index is -4.59. The van der Waals surface area contributed by atoms with Crippen molar-refractivity contribution < 1.29 is 26.7 Å². The van der Waals surface area contributed by atoms with Gasteiger partial charge in [0.15, 0.2) is 10.7 Å². The second kappa shape index (κ2) is 3.49. The van der Waals surface area contributed by atoms with Gasteiger partial charge in [-0.15, -0.1) is 0 Å². The van der Waals surface area contributed by atoms with Crippen LogP contribution in [0.1, 0.15) is 5.56 Å². The lowest BCUT2D eigenvalue weighted by Crippen LogP contribution is -2.04. The summed E-state index contributed by atoms with van der Waals surface area (Å²) < 4.78 is 56.9. The molecule has 0 atom stereocenters. The molecule has 0 radical (unpaired) electrons. The Hall–Kier alpha value is -1.24. The molecule has 0 fully saturated rings. The summed E-state index contributed by atoms with van der Waals surface area (Å²) in [6, 6.07) is 1.69.